The number of phenolic OH excluding ortho intramolecular Hbond substituents is 1. The zero-order valence-corrected chi connectivity index (χ0v) is 23.1. The number of nitrogens with zero attached hydrogens (tertiary/aromatic N) is 1. The third-order valence-corrected chi connectivity index (χ3v) is 9.54. The lowest BCUT2D eigenvalue weighted by atomic mass is 10.2. The summed E-state index contributed by atoms with van der Waals surface area (Å²) in [5.74, 6) is -2.33. The van der Waals surface area contributed by atoms with Gasteiger partial charge in [0.15, 0.2) is 6.61 Å². The highest BCUT2D eigenvalue weighted by molar-refractivity contribution is 7.89. The molecule has 0 atom stereocenters. The molecule has 40 heavy (non-hydrogen) atoms. The SMILES string of the molecule is O=C(COC(=O)c1cc(S(=O)(=O)NCc2ccccc2)ccc1O)Nc1ccc(S(=O)(=O)N2CCCCC2)cc1. The van der Waals surface area contributed by atoms with Crippen LogP contribution in [-0.4, -0.2) is 57.8 Å². The number of carbonyl (C=O) groups excluding carboxylic acids is 2. The van der Waals surface area contributed by atoms with Crippen molar-refractivity contribution in [1.82, 2.24) is 9.03 Å². The number of aromatic hydroxyl groups is 1. The van der Waals surface area contributed by atoms with Gasteiger partial charge < -0.3 is 15.2 Å². The molecular weight excluding hydrogens is 558 g/mol. The first-order chi connectivity index (χ1) is 19.1. The van der Waals surface area contributed by atoms with Gasteiger partial charge in [-0.1, -0.05) is 36.8 Å². The van der Waals surface area contributed by atoms with Crippen LogP contribution in [0.25, 0.3) is 0 Å². The van der Waals surface area contributed by atoms with E-state index in [1.165, 1.54) is 28.6 Å². The molecule has 4 rings (SSSR count). The maximum absolute atomic E-state index is 12.8. The van der Waals surface area contributed by atoms with E-state index >= 15 is 0 Å². The van der Waals surface area contributed by atoms with Crippen LogP contribution in [0.2, 0.25) is 0 Å². The number of sulfonamides is 2. The zero-order valence-electron chi connectivity index (χ0n) is 21.4. The quantitative estimate of drug-likeness (QED) is 0.306. The molecule has 0 aliphatic carbocycles. The van der Waals surface area contributed by atoms with Gasteiger partial charge in [0.1, 0.15) is 11.3 Å². The lowest BCUT2D eigenvalue weighted by Crippen LogP contribution is -2.35. The van der Waals surface area contributed by atoms with Gasteiger partial charge >= 0.3 is 5.97 Å². The van der Waals surface area contributed by atoms with Crippen LogP contribution in [0.3, 0.4) is 0 Å². The Bertz CT molecular complexity index is 1570. The van der Waals surface area contributed by atoms with Gasteiger partial charge in [-0.05, 0) is 60.9 Å². The molecule has 0 unspecified atom stereocenters. The number of benzene rings is 3. The predicted molar refractivity (Wildman–Crippen MR) is 147 cm³/mol. The Morgan fingerprint density at radius 3 is 2.17 bits per heavy atom. The predicted octanol–water partition coefficient (Wildman–Crippen LogP) is 2.84. The van der Waals surface area contributed by atoms with Crippen molar-refractivity contribution in [3.8, 4) is 5.75 Å². The number of piperidine rings is 1. The minimum atomic E-state index is -4.02. The summed E-state index contributed by atoms with van der Waals surface area (Å²) in [4.78, 5) is 24.7. The van der Waals surface area contributed by atoms with Gasteiger partial charge in [-0.2, -0.15) is 4.31 Å². The number of hydrogen-bond donors (Lipinski definition) is 3. The van der Waals surface area contributed by atoms with Crippen molar-refractivity contribution in [2.45, 2.75) is 35.6 Å². The second kappa shape index (κ2) is 12.6. The molecule has 0 radical (unpaired) electrons. The molecule has 0 spiro atoms. The second-order valence-corrected chi connectivity index (χ2v) is 12.8. The molecule has 3 N–H and O–H groups in total. The maximum Gasteiger partial charge on any atom is 0.342 e. The minimum Gasteiger partial charge on any atom is -0.507 e. The van der Waals surface area contributed by atoms with Crippen LogP contribution >= 0.6 is 0 Å². The monoisotopic (exact) mass is 587 g/mol. The Morgan fingerprint density at radius 2 is 1.50 bits per heavy atom. The van der Waals surface area contributed by atoms with Crippen molar-refractivity contribution in [2.75, 3.05) is 25.0 Å². The van der Waals surface area contributed by atoms with E-state index in [-0.39, 0.29) is 16.3 Å². The number of ether oxygens (including phenoxy) is 1. The van der Waals surface area contributed by atoms with Crippen molar-refractivity contribution in [3.05, 3.63) is 83.9 Å². The smallest absolute Gasteiger partial charge is 0.342 e. The largest absolute Gasteiger partial charge is 0.507 e. The van der Waals surface area contributed by atoms with Crippen molar-refractivity contribution >= 4 is 37.6 Å². The summed E-state index contributed by atoms with van der Waals surface area (Å²) in [6.07, 6.45) is 2.63. The van der Waals surface area contributed by atoms with E-state index in [9.17, 15) is 31.5 Å². The molecule has 1 amide bonds. The molecule has 1 aliphatic rings. The number of phenols is 1. The molecule has 3 aromatic carbocycles. The first-order valence-corrected chi connectivity index (χ1v) is 15.4. The Balaban J connectivity index is 1.34. The minimum absolute atomic E-state index is 0.0230. The Hall–Kier alpha value is -3.78. The summed E-state index contributed by atoms with van der Waals surface area (Å²) >= 11 is 0. The van der Waals surface area contributed by atoms with E-state index in [2.05, 4.69) is 10.0 Å². The van der Waals surface area contributed by atoms with Crippen molar-refractivity contribution in [3.63, 3.8) is 0 Å². The molecule has 0 aromatic heterocycles. The van der Waals surface area contributed by atoms with Gasteiger partial charge in [-0.3, -0.25) is 4.79 Å². The van der Waals surface area contributed by atoms with Gasteiger partial charge in [0.05, 0.1) is 9.79 Å². The van der Waals surface area contributed by atoms with E-state index in [4.69, 9.17) is 4.74 Å². The first kappa shape index (κ1) is 29.2. The normalized spacial score (nSPS) is 14.4. The van der Waals surface area contributed by atoms with E-state index < -0.39 is 49.8 Å². The Labute approximate surface area is 232 Å². The van der Waals surface area contributed by atoms with Crippen molar-refractivity contribution < 1.29 is 36.3 Å². The van der Waals surface area contributed by atoms with E-state index in [0.29, 0.717) is 18.8 Å². The number of amides is 1. The topological polar surface area (TPSA) is 159 Å². The Kier molecular flexibility index (Phi) is 9.20. The molecule has 13 heteroatoms. The number of anilines is 1. The molecule has 1 aliphatic heterocycles. The molecule has 0 saturated carbocycles. The van der Waals surface area contributed by atoms with Crippen LogP contribution in [-0.2, 0) is 36.1 Å². The molecule has 1 heterocycles. The third kappa shape index (κ3) is 7.24. The van der Waals surface area contributed by atoms with Gasteiger partial charge in [0.2, 0.25) is 20.0 Å². The third-order valence-electron chi connectivity index (χ3n) is 6.23. The number of carbonyl (C=O) groups is 2. The molecule has 1 saturated heterocycles. The van der Waals surface area contributed by atoms with Gasteiger partial charge in [0, 0.05) is 25.3 Å². The van der Waals surface area contributed by atoms with Gasteiger partial charge in [0.25, 0.3) is 5.91 Å². The fraction of sp³-hybridized carbons (Fsp3) is 0.259. The van der Waals surface area contributed by atoms with Crippen LogP contribution < -0.4 is 10.0 Å². The van der Waals surface area contributed by atoms with Crippen LogP contribution in [0.4, 0.5) is 5.69 Å². The summed E-state index contributed by atoms with van der Waals surface area (Å²) in [5.41, 5.74) is 0.593. The maximum atomic E-state index is 12.8. The zero-order chi connectivity index (χ0) is 28.8. The van der Waals surface area contributed by atoms with E-state index in [1.807, 2.05) is 0 Å². The molecular formula is C27H29N3O8S2. The summed E-state index contributed by atoms with van der Waals surface area (Å²) in [5, 5.41) is 12.6. The van der Waals surface area contributed by atoms with Crippen molar-refractivity contribution in [2.24, 2.45) is 0 Å². The van der Waals surface area contributed by atoms with E-state index in [0.717, 1.165) is 43.0 Å². The number of nitrogens with one attached hydrogen (secondary N) is 2. The van der Waals surface area contributed by atoms with Crippen LogP contribution in [0, 0.1) is 0 Å². The summed E-state index contributed by atoms with van der Waals surface area (Å²) in [7, 11) is -7.63. The summed E-state index contributed by atoms with van der Waals surface area (Å²) in [6.45, 7) is 0.242. The number of esters is 1. The molecule has 1 fully saturated rings. The first-order valence-electron chi connectivity index (χ1n) is 12.5. The summed E-state index contributed by atoms with van der Waals surface area (Å²) < 4.78 is 59.7. The van der Waals surface area contributed by atoms with Crippen LogP contribution in [0.5, 0.6) is 5.75 Å². The van der Waals surface area contributed by atoms with Gasteiger partial charge in [-0.15, -0.1) is 0 Å². The van der Waals surface area contributed by atoms with E-state index in [1.54, 1.807) is 30.3 Å². The highest BCUT2D eigenvalue weighted by Crippen LogP contribution is 2.24. The highest BCUT2D eigenvalue weighted by atomic mass is 32.2. The fourth-order valence-electron chi connectivity index (χ4n) is 4.07. The molecule has 11 nitrogen and oxygen atoms in total. The number of rotatable bonds is 10. The Morgan fingerprint density at radius 1 is 0.850 bits per heavy atom. The lowest BCUT2D eigenvalue weighted by molar-refractivity contribution is -0.119. The standard InChI is InChI=1S/C27H29N3O8S2/c31-25-14-13-23(39(34,35)28-18-20-7-3-1-4-8-20)17-24(25)27(33)38-19-26(32)29-21-9-11-22(12-10-21)40(36,37)30-15-5-2-6-16-30/h1,3-4,7-14,17,28,31H,2,5-6,15-16,18-19H2,(H,29,32). The molecule has 3 aromatic rings. The van der Waals surface area contributed by atoms with Crippen molar-refractivity contribution in [1.29, 1.82) is 0 Å². The highest BCUT2D eigenvalue weighted by Gasteiger charge is 2.26. The molecule has 0 bridgehead atoms. The van der Waals surface area contributed by atoms with Crippen LogP contribution in [0.1, 0.15) is 35.2 Å². The average Bonchev–Trinajstić information content (AvgIpc) is 2.96. The lowest BCUT2D eigenvalue weighted by Gasteiger charge is -2.25. The van der Waals surface area contributed by atoms with Gasteiger partial charge in [-0.25, -0.2) is 26.4 Å². The molecule has 212 valence electrons. The fourth-order valence-corrected chi connectivity index (χ4v) is 6.63. The van der Waals surface area contributed by atoms with Crippen LogP contribution in [0.15, 0.2) is 82.6 Å². The summed E-state index contributed by atoms with van der Waals surface area (Å²) in [6, 6.07) is 17.6. The second-order valence-electron chi connectivity index (χ2n) is 9.10. The average molecular weight is 588 g/mol. The number of hydrogen-bond acceptors (Lipinski definition) is 8.